The Morgan fingerprint density at radius 3 is 2.25 bits per heavy atom. The molecule has 0 heterocycles. The third-order valence-corrected chi connectivity index (χ3v) is 3.55. The first-order valence-corrected chi connectivity index (χ1v) is 7.62. The molecular weight excluding hydrogens is 295 g/mol. The Morgan fingerprint density at radius 2 is 1.80 bits per heavy atom. The highest BCUT2D eigenvalue weighted by Gasteiger charge is 2.20. The summed E-state index contributed by atoms with van der Waals surface area (Å²) in [5, 5.41) is 1.28. The highest BCUT2D eigenvalue weighted by Crippen LogP contribution is 2.27. The van der Waals surface area contributed by atoms with Crippen molar-refractivity contribution in [3.8, 4) is 0 Å². The summed E-state index contributed by atoms with van der Waals surface area (Å²) in [6, 6.07) is 5.71. The molecule has 0 radical (unpaired) electrons. The Hall–Kier alpha value is -0.320. The van der Waals surface area contributed by atoms with Gasteiger partial charge in [-0.2, -0.15) is 0 Å². The van der Waals surface area contributed by atoms with Gasteiger partial charge >= 0.3 is 0 Å². The maximum atomic E-state index is 6.10. The number of rotatable bonds is 8. The number of hydrogen-bond donors (Lipinski definition) is 1. The van der Waals surface area contributed by atoms with Crippen LogP contribution < -0.4 is 5.73 Å². The van der Waals surface area contributed by atoms with E-state index >= 15 is 0 Å². The Balaban J connectivity index is 2.97. The number of ether oxygens (including phenoxy) is 1. The fraction of sp³-hybridized carbons (Fsp3) is 0.600. The van der Waals surface area contributed by atoms with Gasteiger partial charge in [0.25, 0.3) is 0 Å². The minimum absolute atomic E-state index is 0.101. The van der Waals surface area contributed by atoms with Gasteiger partial charge in [-0.3, -0.25) is 4.90 Å². The predicted molar refractivity (Wildman–Crippen MR) is 86.5 cm³/mol. The van der Waals surface area contributed by atoms with Crippen LogP contribution in [0.3, 0.4) is 0 Å². The number of halogens is 2. The van der Waals surface area contributed by atoms with Crippen LogP contribution >= 0.6 is 23.2 Å². The van der Waals surface area contributed by atoms with Gasteiger partial charge in [0, 0.05) is 42.8 Å². The van der Waals surface area contributed by atoms with Gasteiger partial charge in [-0.15, -0.1) is 0 Å². The monoisotopic (exact) mass is 318 g/mol. The zero-order valence-corrected chi connectivity index (χ0v) is 13.9. The molecule has 0 aliphatic heterocycles. The smallest absolute Gasteiger partial charge is 0.0589 e. The Morgan fingerprint density at radius 1 is 1.20 bits per heavy atom. The third-order valence-electron chi connectivity index (χ3n) is 3.12. The minimum atomic E-state index is 0.101. The van der Waals surface area contributed by atoms with E-state index in [0.29, 0.717) is 29.1 Å². The molecule has 0 spiro atoms. The van der Waals surface area contributed by atoms with Crippen molar-refractivity contribution < 1.29 is 4.74 Å². The van der Waals surface area contributed by atoms with Crippen LogP contribution in [0.4, 0.5) is 0 Å². The second-order valence-electron chi connectivity index (χ2n) is 5.34. The van der Waals surface area contributed by atoms with Crippen molar-refractivity contribution in [3.63, 3.8) is 0 Å². The molecule has 1 unspecified atom stereocenters. The summed E-state index contributed by atoms with van der Waals surface area (Å²) in [7, 11) is 1.71. The molecule has 3 nitrogen and oxygen atoms in total. The summed E-state index contributed by atoms with van der Waals surface area (Å²) in [4.78, 5) is 2.33. The zero-order chi connectivity index (χ0) is 15.1. The van der Waals surface area contributed by atoms with Crippen LogP contribution in [0, 0.1) is 5.92 Å². The van der Waals surface area contributed by atoms with Gasteiger partial charge in [-0.25, -0.2) is 0 Å². The van der Waals surface area contributed by atoms with E-state index in [1.807, 2.05) is 12.1 Å². The van der Waals surface area contributed by atoms with Crippen LogP contribution in [0.2, 0.25) is 10.0 Å². The van der Waals surface area contributed by atoms with E-state index in [9.17, 15) is 0 Å². The van der Waals surface area contributed by atoms with Gasteiger partial charge in [0.2, 0.25) is 0 Å². The maximum absolute atomic E-state index is 6.10. The normalized spacial score (nSPS) is 13.2. The van der Waals surface area contributed by atoms with Crippen molar-refractivity contribution >= 4 is 23.2 Å². The molecule has 2 N–H and O–H groups in total. The van der Waals surface area contributed by atoms with Crippen molar-refractivity contribution in [1.29, 1.82) is 0 Å². The van der Waals surface area contributed by atoms with Gasteiger partial charge in [-0.1, -0.05) is 37.0 Å². The maximum Gasteiger partial charge on any atom is 0.0589 e. The van der Waals surface area contributed by atoms with Gasteiger partial charge in [0.15, 0.2) is 0 Å². The third kappa shape index (κ3) is 5.58. The summed E-state index contributed by atoms with van der Waals surface area (Å²) in [6.45, 7) is 7.37. The Kier molecular flexibility index (Phi) is 7.85. The van der Waals surface area contributed by atoms with Crippen molar-refractivity contribution in [1.82, 2.24) is 4.90 Å². The molecule has 1 rings (SSSR count). The van der Waals surface area contributed by atoms with Crippen LogP contribution in [0.15, 0.2) is 18.2 Å². The molecule has 5 heteroatoms. The lowest BCUT2D eigenvalue weighted by Gasteiger charge is -2.32. The second-order valence-corrected chi connectivity index (χ2v) is 6.21. The fourth-order valence-electron chi connectivity index (χ4n) is 2.32. The van der Waals surface area contributed by atoms with Crippen LogP contribution in [0.25, 0.3) is 0 Å². The molecule has 0 saturated heterocycles. The molecule has 0 bridgehead atoms. The number of benzene rings is 1. The largest absolute Gasteiger partial charge is 0.383 e. The van der Waals surface area contributed by atoms with Crippen molar-refractivity contribution in [3.05, 3.63) is 33.8 Å². The summed E-state index contributed by atoms with van der Waals surface area (Å²) < 4.78 is 5.20. The molecule has 0 aliphatic carbocycles. The van der Waals surface area contributed by atoms with E-state index < -0.39 is 0 Å². The SMILES string of the molecule is COCCN(CC(C)C)C(CN)c1cc(Cl)cc(Cl)c1. The highest BCUT2D eigenvalue weighted by molar-refractivity contribution is 6.34. The van der Waals surface area contributed by atoms with Crippen LogP contribution in [-0.4, -0.2) is 38.3 Å². The number of methoxy groups -OCH3 is 1. The molecule has 1 atom stereocenters. The molecule has 20 heavy (non-hydrogen) atoms. The van der Waals surface area contributed by atoms with Gasteiger partial charge in [0.1, 0.15) is 0 Å². The molecule has 0 amide bonds. The molecule has 0 fully saturated rings. The molecule has 114 valence electrons. The summed E-state index contributed by atoms with van der Waals surface area (Å²) in [5.74, 6) is 0.551. The molecule has 0 aliphatic rings. The lowest BCUT2D eigenvalue weighted by atomic mass is 10.0. The Labute approximate surface area is 132 Å². The lowest BCUT2D eigenvalue weighted by Crippen LogP contribution is -2.38. The van der Waals surface area contributed by atoms with E-state index in [4.69, 9.17) is 33.7 Å². The van der Waals surface area contributed by atoms with Crippen molar-refractivity contribution in [2.75, 3.05) is 33.4 Å². The first kappa shape index (κ1) is 17.7. The fourth-order valence-corrected chi connectivity index (χ4v) is 2.86. The highest BCUT2D eigenvalue weighted by atomic mass is 35.5. The van der Waals surface area contributed by atoms with Crippen LogP contribution in [-0.2, 0) is 4.74 Å². The Bertz CT molecular complexity index is 393. The lowest BCUT2D eigenvalue weighted by molar-refractivity contribution is 0.112. The minimum Gasteiger partial charge on any atom is -0.383 e. The summed E-state index contributed by atoms with van der Waals surface area (Å²) in [6.07, 6.45) is 0. The average molecular weight is 319 g/mol. The summed E-state index contributed by atoms with van der Waals surface area (Å²) >= 11 is 12.2. The summed E-state index contributed by atoms with van der Waals surface area (Å²) in [5.41, 5.74) is 7.04. The van der Waals surface area contributed by atoms with Gasteiger partial charge < -0.3 is 10.5 Å². The van der Waals surface area contributed by atoms with E-state index in [1.54, 1.807) is 13.2 Å². The standard InChI is InChI=1S/C15H24Cl2N2O/c1-11(2)10-19(4-5-20-3)15(9-18)12-6-13(16)8-14(17)7-12/h6-8,11,15H,4-5,9-10,18H2,1-3H3. The number of hydrogen-bond acceptors (Lipinski definition) is 3. The van der Waals surface area contributed by atoms with E-state index in [2.05, 4.69) is 18.7 Å². The molecule has 1 aromatic carbocycles. The van der Waals surface area contributed by atoms with Crippen molar-refractivity contribution in [2.45, 2.75) is 19.9 Å². The van der Waals surface area contributed by atoms with Gasteiger partial charge in [-0.05, 0) is 29.7 Å². The topological polar surface area (TPSA) is 38.5 Å². The quantitative estimate of drug-likeness (QED) is 0.796. The second kappa shape index (κ2) is 8.85. The van der Waals surface area contributed by atoms with E-state index in [-0.39, 0.29) is 6.04 Å². The van der Waals surface area contributed by atoms with Crippen LogP contribution in [0.5, 0.6) is 0 Å². The molecular formula is C15H24Cl2N2O. The van der Waals surface area contributed by atoms with Crippen molar-refractivity contribution in [2.24, 2.45) is 11.7 Å². The number of nitrogens with zero attached hydrogens (tertiary/aromatic N) is 1. The first-order valence-electron chi connectivity index (χ1n) is 6.87. The van der Waals surface area contributed by atoms with E-state index in [1.165, 1.54) is 0 Å². The molecule has 0 aromatic heterocycles. The van der Waals surface area contributed by atoms with E-state index in [0.717, 1.165) is 18.7 Å². The molecule has 1 aromatic rings. The predicted octanol–water partition coefficient (Wildman–Crippen LogP) is 3.60. The molecule has 0 saturated carbocycles. The zero-order valence-electron chi connectivity index (χ0n) is 12.4. The number of nitrogens with two attached hydrogens (primary N) is 1. The van der Waals surface area contributed by atoms with Gasteiger partial charge in [0.05, 0.1) is 6.61 Å². The average Bonchev–Trinajstić information content (AvgIpc) is 2.34. The first-order chi connectivity index (χ1) is 9.47. The van der Waals surface area contributed by atoms with Crippen LogP contribution in [0.1, 0.15) is 25.5 Å².